The molecular weight excluding hydrogens is 345 g/mol. The van der Waals surface area contributed by atoms with Gasteiger partial charge in [-0.25, -0.2) is 0 Å². The third kappa shape index (κ3) is 5.01. The van der Waals surface area contributed by atoms with Gasteiger partial charge in [0.05, 0.1) is 7.11 Å². The lowest BCUT2D eigenvalue weighted by atomic mass is 9.97. The van der Waals surface area contributed by atoms with Crippen LogP contribution in [0.3, 0.4) is 0 Å². The minimum absolute atomic E-state index is 0. The van der Waals surface area contributed by atoms with Crippen molar-refractivity contribution < 1.29 is 22.7 Å². The lowest BCUT2D eigenvalue weighted by Gasteiger charge is -2.39. The Morgan fingerprint density at radius 2 is 2.00 bits per heavy atom. The van der Waals surface area contributed by atoms with E-state index in [2.05, 4.69) is 0 Å². The molecule has 0 radical (unpaired) electrons. The molecule has 1 heterocycles. The zero-order valence-electron chi connectivity index (χ0n) is 13.4. The van der Waals surface area contributed by atoms with E-state index < -0.39 is 24.2 Å². The van der Waals surface area contributed by atoms with Crippen molar-refractivity contribution in [3.8, 4) is 5.75 Å². The van der Waals surface area contributed by atoms with Crippen LogP contribution in [-0.2, 0) is 11.2 Å². The predicted octanol–water partition coefficient (Wildman–Crippen LogP) is 2.93. The van der Waals surface area contributed by atoms with E-state index in [-0.39, 0.29) is 38.2 Å². The summed E-state index contributed by atoms with van der Waals surface area (Å²) in [7, 11) is 1.52. The molecule has 0 saturated carbocycles. The molecule has 0 aliphatic carbocycles. The number of piperidine rings is 1. The third-order valence-electron chi connectivity index (χ3n) is 4.12. The van der Waals surface area contributed by atoms with E-state index in [9.17, 15) is 18.0 Å². The van der Waals surface area contributed by atoms with Crippen molar-refractivity contribution >= 4 is 18.3 Å². The molecule has 1 aromatic carbocycles. The smallest absolute Gasteiger partial charge is 0.408 e. The predicted molar refractivity (Wildman–Crippen MR) is 87.3 cm³/mol. The second-order valence-electron chi connectivity index (χ2n) is 5.75. The summed E-state index contributed by atoms with van der Waals surface area (Å²) >= 11 is 0. The number of aryl methyl sites for hydroxylation is 1. The number of ether oxygens (including phenoxy) is 1. The number of likely N-dealkylation sites (tertiary alicyclic amines) is 1. The fraction of sp³-hybridized carbons (Fsp3) is 0.562. The number of para-hydroxylation sites is 1. The average molecular weight is 367 g/mol. The Balaban J connectivity index is 0.00000288. The molecule has 2 N–H and O–H groups in total. The lowest BCUT2D eigenvalue weighted by molar-refractivity contribution is -0.196. The number of carbonyl (C=O) groups excluding carboxylic acids is 1. The minimum atomic E-state index is -4.42. The molecule has 2 rings (SSSR count). The molecule has 1 aliphatic heterocycles. The van der Waals surface area contributed by atoms with Crippen LogP contribution in [0.25, 0.3) is 0 Å². The van der Waals surface area contributed by atoms with E-state index in [0.29, 0.717) is 12.2 Å². The number of rotatable bonds is 4. The summed E-state index contributed by atoms with van der Waals surface area (Å²) in [5.74, 6) is 0.108. The summed E-state index contributed by atoms with van der Waals surface area (Å²) < 4.78 is 44.5. The molecule has 24 heavy (non-hydrogen) atoms. The monoisotopic (exact) mass is 366 g/mol. The van der Waals surface area contributed by atoms with Crippen LogP contribution in [0.2, 0.25) is 0 Å². The number of amides is 1. The van der Waals surface area contributed by atoms with Crippen LogP contribution < -0.4 is 10.5 Å². The Morgan fingerprint density at radius 1 is 1.33 bits per heavy atom. The number of hydrogen-bond acceptors (Lipinski definition) is 3. The maximum atomic E-state index is 13.1. The number of hydrogen-bond donors (Lipinski definition) is 1. The number of methoxy groups -OCH3 is 1. The zero-order chi connectivity index (χ0) is 17.0. The zero-order valence-corrected chi connectivity index (χ0v) is 14.2. The van der Waals surface area contributed by atoms with Gasteiger partial charge in [0.25, 0.3) is 0 Å². The number of alkyl halides is 3. The Hall–Kier alpha value is -1.47. The third-order valence-corrected chi connectivity index (χ3v) is 4.12. The van der Waals surface area contributed by atoms with E-state index in [0.717, 1.165) is 10.5 Å². The van der Waals surface area contributed by atoms with Crippen molar-refractivity contribution in [3.63, 3.8) is 0 Å². The quantitative estimate of drug-likeness (QED) is 0.891. The molecule has 1 amide bonds. The van der Waals surface area contributed by atoms with Gasteiger partial charge in [0.15, 0.2) is 0 Å². The van der Waals surface area contributed by atoms with Gasteiger partial charge in [-0.05, 0) is 30.9 Å². The van der Waals surface area contributed by atoms with Crippen molar-refractivity contribution in [1.29, 1.82) is 0 Å². The molecule has 4 nitrogen and oxygen atoms in total. The van der Waals surface area contributed by atoms with E-state index in [1.54, 1.807) is 24.3 Å². The molecule has 2 unspecified atom stereocenters. The van der Waals surface area contributed by atoms with Gasteiger partial charge in [0.2, 0.25) is 5.91 Å². The van der Waals surface area contributed by atoms with E-state index in [1.807, 2.05) is 0 Å². The average Bonchev–Trinajstić information content (AvgIpc) is 2.51. The Morgan fingerprint density at radius 3 is 2.62 bits per heavy atom. The molecule has 8 heteroatoms. The van der Waals surface area contributed by atoms with Gasteiger partial charge in [0.1, 0.15) is 11.8 Å². The standard InChI is InChI=1S/C16H21F3N2O2.ClH/c1-23-13-5-3-2-4-11(13)6-9-15(22)21-10-12(20)7-8-14(21)16(17,18)19;/h2-5,12,14H,6-10,20H2,1H3;1H. The molecule has 1 fully saturated rings. The van der Waals surface area contributed by atoms with Crippen molar-refractivity contribution in [2.45, 2.75) is 43.9 Å². The molecule has 1 aromatic rings. The minimum Gasteiger partial charge on any atom is -0.496 e. The second kappa shape index (κ2) is 8.58. The second-order valence-corrected chi connectivity index (χ2v) is 5.75. The van der Waals surface area contributed by atoms with Crippen LogP contribution in [0.5, 0.6) is 5.75 Å². The molecule has 0 aromatic heterocycles. The number of benzene rings is 1. The summed E-state index contributed by atoms with van der Waals surface area (Å²) in [4.78, 5) is 13.2. The van der Waals surface area contributed by atoms with E-state index in [1.165, 1.54) is 7.11 Å². The highest BCUT2D eigenvalue weighted by Crippen LogP contribution is 2.32. The van der Waals surface area contributed by atoms with Gasteiger partial charge < -0.3 is 15.4 Å². The topological polar surface area (TPSA) is 55.6 Å². The molecule has 136 valence electrons. The van der Waals surface area contributed by atoms with Gasteiger partial charge in [-0.2, -0.15) is 13.2 Å². The SMILES string of the molecule is COc1ccccc1CCC(=O)N1CC(N)CCC1C(F)(F)F.Cl. The van der Waals surface area contributed by atoms with Crippen LogP contribution in [-0.4, -0.2) is 42.7 Å². The molecular formula is C16H22ClF3N2O2. The molecule has 0 spiro atoms. The Bertz CT molecular complexity index is 554. The first-order valence-corrected chi connectivity index (χ1v) is 7.56. The number of halogens is 4. The fourth-order valence-corrected chi connectivity index (χ4v) is 2.91. The van der Waals surface area contributed by atoms with Gasteiger partial charge >= 0.3 is 6.18 Å². The van der Waals surface area contributed by atoms with Crippen LogP contribution in [0.15, 0.2) is 24.3 Å². The van der Waals surface area contributed by atoms with Crippen LogP contribution in [0.1, 0.15) is 24.8 Å². The van der Waals surface area contributed by atoms with Crippen LogP contribution >= 0.6 is 12.4 Å². The highest BCUT2D eigenvalue weighted by atomic mass is 35.5. The normalized spacial score (nSPS) is 21.1. The first-order valence-electron chi connectivity index (χ1n) is 7.56. The van der Waals surface area contributed by atoms with Gasteiger partial charge in [0, 0.05) is 19.0 Å². The Labute approximate surface area is 145 Å². The van der Waals surface area contributed by atoms with Crippen molar-refractivity contribution in [2.24, 2.45) is 5.73 Å². The van der Waals surface area contributed by atoms with Gasteiger partial charge in [-0.1, -0.05) is 18.2 Å². The van der Waals surface area contributed by atoms with Crippen LogP contribution in [0.4, 0.5) is 13.2 Å². The molecule has 1 aliphatic rings. The summed E-state index contributed by atoms with van der Waals surface area (Å²) in [5.41, 5.74) is 6.54. The number of nitrogens with two attached hydrogens (primary N) is 1. The number of carbonyl (C=O) groups is 1. The van der Waals surface area contributed by atoms with Crippen LogP contribution in [0, 0.1) is 0 Å². The summed E-state index contributed by atoms with van der Waals surface area (Å²) in [5, 5.41) is 0. The van der Waals surface area contributed by atoms with Gasteiger partial charge in [-0.3, -0.25) is 4.79 Å². The van der Waals surface area contributed by atoms with Crippen molar-refractivity contribution in [3.05, 3.63) is 29.8 Å². The maximum absolute atomic E-state index is 13.1. The molecule has 0 bridgehead atoms. The highest BCUT2D eigenvalue weighted by molar-refractivity contribution is 5.85. The van der Waals surface area contributed by atoms with Gasteiger partial charge in [-0.15, -0.1) is 12.4 Å². The highest BCUT2D eigenvalue weighted by Gasteiger charge is 2.47. The molecule has 2 atom stereocenters. The first kappa shape index (κ1) is 20.6. The lowest BCUT2D eigenvalue weighted by Crippen LogP contribution is -2.56. The summed E-state index contributed by atoms with van der Waals surface area (Å²) in [6, 6.07) is 5.03. The summed E-state index contributed by atoms with van der Waals surface area (Å²) in [6.07, 6.45) is -3.94. The van der Waals surface area contributed by atoms with Crippen molar-refractivity contribution in [1.82, 2.24) is 4.90 Å². The maximum Gasteiger partial charge on any atom is 0.408 e. The van der Waals surface area contributed by atoms with Crippen molar-refractivity contribution in [2.75, 3.05) is 13.7 Å². The first-order chi connectivity index (χ1) is 10.8. The van der Waals surface area contributed by atoms with E-state index >= 15 is 0 Å². The van der Waals surface area contributed by atoms with E-state index in [4.69, 9.17) is 10.5 Å². The summed E-state index contributed by atoms with van der Waals surface area (Å²) in [6.45, 7) is -0.0467. The molecule has 1 saturated heterocycles. The fourth-order valence-electron chi connectivity index (χ4n) is 2.91. The Kier molecular flexibility index (Phi) is 7.35. The largest absolute Gasteiger partial charge is 0.496 e. The number of nitrogens with zero attached hydrogens (tertiary/aromatic N) is 1.